The lowest BCUT2D eigenvalue weighted by molar-refractivity contribution is -0.136. The largest absolute Gasteiger partial charge is 0.391 e. The molecule has 0 spiro atoms. The number of rotatable bonds is 5. The van der Waals surface area contributed by atoms with Crippen molar-refractivity contribution in [2.45, 2.75) is 26.4 Å². The van der Waals surface area contributed by atoms with Gasteiger partial charge in [0.25, 0.3) is 0 Å². The molecular formula is C16H21N3O3. The first-order chi connectivity index (χ1) is 10.5. The van der Waals surface area contributed by atoms with Crippen LogP contribution in [-0.2, 0) is 9.59 Å². The van der Waals surface area contributed by atoms with Crippen molar-refractivity contribution in [3.8, 4) is 0 Å². The molecule has 2 rings (SSSR count). The molecule has 6 heteroatoms. The number of amides is 2. The molecule has 0 aliphatic carbocycles. The Morgan fingerprint density at radius 2 is 2.00 bits per heavy atom. The molecule has 118 valence electrons. The zero-order valence-corrected chi connectivity index (χ0v) is 12.7. The summed E-state index contributed by atoms with van der Waals surface area (Å²) >= 11 is 0. The normalized spacial score (nSPS) is 12.4. The second-order valence-electron chi connectivity index (χ2n) is 5.73. The lowest BCUT2D eigenvalue weighted by Crippen LogP contribution is -2.39. The summed E-state index contributed by atoms with van der Waals surface area (Å²) in [5.74, 6) is -1.17. The highest BCUT2D eigenvalue weighted by atomic mass is 16.3. The van der Waals surface area contributed by atoms with E-state index >= 15 is 0 Å². The number of hydrogen-bond donors (Lipinski definition) is 4. The highest BCUT2D eigenvalue weighted by Gasteiger charge is 2.15. The molecule has 0 radical (unpaired) electrons. The van der Waals surface area contributed by atoms with Crippen LogP contribution in [0.4, 0.5) is 5.69 Å². The van der Waals surface area contributed by atoms with Gasteiger partial charge in [-0.15, -0.1) is 0 Å². The second kappa shape index (κ2) is 7.09. The van der Waals surface area contributed by atoms with Crippen molar-refractivity contribution in [3.63, 3.8) is 0 Å². The standard InChI is InChI=1S/C16H21N3O3/c1-10(2)7-13(20)9-18-15(21)16(22)19-12-3-4-14-11(8-12)5-6-17-14/h3-6,8,10,13,17,20H,7,9H2,1-2H3,(H,18,21)(H,19,22). The first kappa shape index (κ1) is 16.0. The smallest absolute Gasteiger partial charge is 0.313 e. The molecule has 0 saturated carbocycles. The van der Waals surface area contributed by atoms with E-state index in [4.69, 9.17) is 0 Å². The lowest BCUT2D eigenvalue weighted by atomic mass is 10.1. The topological polar surface area (TPSA) is 94.2 Å². The number of hydrogen-bond acceptors (Lipinski definition) is 3. The van der Waals surface area contributed by atoms with Crippen LogP contribution in [-0.4, -0.2) is 34.6 Å². The van der Waals surface area contributed by atoms with Crippen molar-refractivity contribution in [3.05, 3.63) is 30.5 Å². The van der Waals surface area contributed by atoms with Gasteiger partial charge in [-0.2, -0.15) is 0 Å². The van der Waals surface area contributed by atoms with Gasteiger partial charge in [-0.3, -0.25) is 9.59 Å². The van der Waals surface area contributed by atoms with Gasteiger partial charge in [0.2, 0.25) is 0 Å². The average Bonchev–Trinajstić information content (AvgIpc) is 2.91. The van der Waals surface area contributed by atoms with E-state index in [1.807, 2.05) is 26.0 Å². The summed E-state index contributed by atoms with van der Waals surface area (Å²) < 4.78 is 0. The SMILES string of the molecule is CC(C)CC(O)CNC(=O)C(=O)Nc1ccc2[nH]ccc2c1. The predicted octanol–water partition coefficient (Wildman–Crippen LogP) is 1.63. The number of carbonyl (C=O) groups excluding carboxylic acids is 2. The number of H-pyrrole nitrogens is 1. The molecule has 0 fully saturated rings. The summed E-state index contributed by atoms with van der Waals surface area (Å²) in [5.41, 5.74) is 1.51. The summed E-state index contributed by atoms with van der Waals surface area (Å²) in [6.07, 6.45) is 1.73. The Morgan fingerprint density at radius 3 is 2.73 bits per heavy atom. The minimum atomic E-state index is -0.753. The Bertz CT molecular complexity index is 663. The molecule has 6 nitrogen and oxygen atoms in total. The van der Waals surface area contributed by atoms with Crippen molar-refractivity contribution < 1.29 is 14.7 Å². The molecule has 0 saturated heterocycles. The summed E-state index contributed by atoms with van der Waals surface area (Å²) in [7, 11) is 0. The highest BCUT2D eigenvalue weighted by molar-refractivity contribution is 6.39. The molecule has 2 amide bonds. The summed E-state index contributed by atoms with van der Waals surface area (Å²) in [6, 6.07) is 7.21. The maximum atomic E-state index is 11.8. The quantitative estimate of drug-likeness (QED) is 0.632. The van der Waals surface area contributed by atoms with Crippen LogP contribution in [0.15, 0.2) is 30.5 Å². The van der Waals surface area contributed by atoms with Crippen LogP contribution in [0, 0.1) is 5.92 Å². The number of anilines is 1. The van der Waals surface area contributed by atoms with Crippen LogP contribution in [0.3, 0.4) is 0 Å². The molecule has 0 bridgehead atoms. The van der Waals surface area contributed by atoms with Crippen molar-refractivity contribution in [1.82, 2.24) is 10.3 Å². The van der Waals surface area contributed by atoms with Crippen molar-refractivity contribution in [2.75, 3.05) is 11.9 Å². The molecule has 22 heavy (non-hydrogen) atoms. The third-order valence-electron chi connectivity index (χ3n) is 3.26. The fourth-order valence-electron chi connectivity index (χ4n) is 2.24. The minimum Gasteiger partial charge on any atom is -0.391 e. The number of benzene rings is 1. The van der Waals surface area contributed by atoms with E-state index in [9.17, 15) is 14.7 Å². The molecular weight excluding hydrogens is 282 g/mol. The Labute approximate surface area is 128 Å². The van der Waals surface area contributed by atoms with E-state index in [-0.39, 0.29) is 6.54 Å². The van der Waals surface area contributed by atoms with Crippen molar-refractivity contribution >= 4 is 28.4 Å². The van der Waals surface area contributed by atoms with Gasteiger partial charge in [-0.1, -0.05) is 13.8 Å². The summed E-state index contributed by atoms with van der Waals surface area (Å²) in [6.45, 7) is 4.03. The van der Waals surface area contributed by atoms with Crippen LogP contribution >= 0.6 is 0 Å². The Morgan fingerprint density at radius 1 is 1.23 bits per heavy atom. The molecule has 4 N–H and O–H groups in total. The number of fused-ring (bicyclic) bond motifs is 1. The van der Waals surface area contributed by atoms with Crippen LogP contribution in [0.2, 0.25) is 0 Å². The van der Waals surface area contributed by atoms with Gasteiger partial charge in [0, 0.05) is 29.3 Å². The van der Waals surface area contributed by atoms with Gasteiger partial charge < -0.3 is 20.7 Å². The van der Waals surface area contributed by atoms with E-state index in [0.717, 1.165) is 10.9 Å². The van der Waals surface area contributed by atoms with Crippen LogP contribution < -0.4 is 10.6 Å². The van der Waals surface area contributed by atoms with Crippen molar-refractivity contribution in [2.24, 2.45) is 5.92 Å². The van der Waals surface area contributed by atoms with Gasteiger partial charge in [-0.25, -0.2) is 0 Å². The van der Waals surface area contributed by atoms with Gasteiger partial charge >= 0.3 is 11.8 Å². The number of aliphatic hydroxyl groups excluding tert-OH is 1. The third kappa shape index (κ3) is 4.33. The zero-order chi connectivity index (χ0) is 16.1. The fourth-order valence-corrected chi connectivity index (χ4v) is 2.24. The number of carbonyl (C=O) groups is 2. The van der Waals surface area contributed by atoms with Gasteiger partial charge in [0.05, 0.1) is 6.10 Å². The summed E-state index contributed by atoms with van der Waals surface area (Å²) in [4.78, 5) is 26.6. The first-order valence-electron chi connectivity index (χ1n) is 7.30. The molecule has 0 aliphatic heterocycles. The van der Waals surface area contributed by atoms with E-state index in [2.05, 4.69) is 15.6 Å². The fraction of sp³-hybridized carbons (Fsp3) is 0.375. The van der Waals surface area contributed by atoms with Crippen LogP contribution in [0.1, 0.15) is 20.3 Å². The Hall–Kier alpha value is -2.34. The molecule has 2 aromatic rings. The van der Waals surface area contributed by atoms with Crippen LogP contribution in [0.5, 0.6) is 0 Å². The molecule has 1 aromatic heterocycles. The van der Waals surface area contributed by atoms with E-state index in [0.29, 0.717) is 18.0 Å². The van der Waals surface area contributed by atoms with E-state index < -0.39 is 17.9 Å². The molecule has 1 heterocycles. The molecule has 1 aromatic carbocycles. The summed E-state index contributed by atoms with van der Waals surface area (Å²) in [5, 5.41) is 15.6. The predicted molar refractivity (Wildman–Crippen MR) is 85.4 cm³/mol. The van der Waals surface area contributed by atoms with E-state index in [1.165, 1.54) is 0 Å². The highest BCUT2D eigenvalue weighted by Crippen LogP contribution is 2.17. The average molecular weight is 303 g/mol. The third-order valence-corrected chi connectivity index (χ3v) is 3.26. The first-order valence-corrected chi connectivity index (χ1v) is 7.30. The number of nitrogens with one attached hydrogen (secondary N) is 3. The zero-order valence-electron chi connectivity index (χ0n) is 12.7. The Kier molecular flexibility index (Phi) is 5.16. The monoisotopic (exact) mass is 303 g/mol. The number of aromatic nitrogens is 1. The van der Waals surface area contributed by atoms with Gasteiger partial charge in [0.15, 0.2) is 0 Å². The number of aliphatic hydroxyl groups is 1. The molecule has 1 atom stereocenters. The number of aromatic amines is 1. The minimum absolute atomic E-state index is 0.0707. The van der Waals surface area contributed by atoms with Crippen LogP contribution in [0.25, 0.3) is 10.9 Å². The maximum Gasteiger partial charge on any atom is 0.313 e. The van der Waals surface area contributed by atoms with Crippen molar-refractivity contribution in [1.29, 1.82) is 0 Å². The lowest BCUT2D eigenvalue weighted by Gasteiger charge is -2.13. The van der Waals surface area contributed by atoms with Gasteiger partial charge in [0.1, 0.15) is 0 Å². The molecule has 0 aliphatic rings. The van der Waals surface area contributed by atoms with E-state index in [1.54, 1.807) is 18.3 Å². The van der Waals surface area contributed by atoms with Gasteiger partial charge in [-0.05, 0) is 36.6 Å². The Balaban J connectivity index is 1.86. The molecule has 1 unspecified atom stereocenters. The maximum absolute atomic E-state index is 11.8. The second-order valence-corrected chi connectivity index (χ2v) is 5.73.